The largest absolute Gasteiger partial charge is 0.493 e. The molecule has 0 saturated heterocycles. The lowest BCUT2D eigenvalue weighted by Gasteiger charge is -2.14. The Morgan fingerprint density at radius 3 is 2.44 bits per heavy atom. The first-order valence-corrected chi connectivity index (χ1v) is 10.0. The van der Waals surface area contributed by atoms with Gasteiger partial charge in [0, 0.05) is 23.7 Å². The lowest BCUT2D eigenvalue weighted by atomic mass is 10.1. The van der Waals surface area contributed by atoms with E-state index >= 15 is 0 Å². The van der Waals surface area contributed by atoms with Gasteiger partial charge in [-0.1, -0.05) is 17.7 Å². The number of benzene rings is 2. The predicted molar refractivity (Wildman–Crippen MR) is 117 cm³/mol. The van der Waals surface area contributed by atoms with Crippen LogP contribution in [-0.4, -0.2) is 42.4 Å². The molecule has 32 heavy (non-hydrogen) atoms. The van der Waals surface area contributed by atoms with Crippen molar-refractivity contribution in [1.29, 1.82) is 0 Å². The quantitative estimate of drug-likeness (QED) is 0.504. The van der Waals surface area contributed by atoms with Gasteiger partial charge in [0.2, 0.25) is 11.8 Å². The Morgan fingerprint density at radius 1 is 1.03 bits per heavy atom. The maximum Gasteiger partial charge on any atom is 0.307 e. The molecule has 0 saturated carbocycles. The van der Waals surface area contributed by atoms with E-state index in [2.05, 4.69) is 15.5 Å². The van der Waals surface area contributed by atoms with Crippen molar-refractivity contribution in [3.05, 3.63) is 53.9 Å². The Kier molecular flexibility index (Phi) is 7.43. The number of amides is 1. The Balaban J connectivity index is 1.49. The fraction of sp³-hybridized carbons (Fsp3) is 0.304. The van der Waals surface area contributed by atoms with Gasteiger partial charge in [0.1, 0.15) is 0 Å². The molecule has 1 atom stereocenters. The zero-order valence-corrected chi connectivity index (χ0v) is 18.4. The molecule has 9 nitrogen and oxygen atoms in total. The van der Waals surface area contributed by atoms with Gasteiger partial charge in [0.25, 0.3) is 5.91 Å². The molecule has 0 bridgehead atoms. The maximum atomic E-state index is 12.4. The van der Waals surface area contributed by atoms with Gasteiger partial charge in [-0.2, -0.15) is 0 Å². The van der Waals surface area contributed by atoms with Crippen LogP contribution in [0.2, 0.25) is 0 Å². The number of hydrogen-bond donors (Lipinski definition) is 1. The van der Waals surface area contributed by atoms with E-state index in [0.717, 1.165) is 11.1 Å². The van der Waals surface area contributed by atoms with Crippen molar-refractivity contribution in [3.63, 3.8) is 0 Å². The molecular weight excluding hydrogens is 414 g/mol. The fourth-order valence-electron chi connectivity index (χ4n) is 2.84. The van der Waals surface area contributed by atoms with Crippen molar-refractivity contribution < 1.29 is 28.2 Å². The monoisotopic (exact) mass is 439 g/mol. The predicted octanol–water partition coefficient (Wildman–Crippen LogP) is 3.57. The molecule has 0 radical (unpaired) electrons. The molecule has 168 valence electrons. The highest BCUT2D eigenvalue weighted by Gasteiger charge is 2.19. The molecule has 0 aliphatic carbocycles. The van der Waals surface area contributed by atoms with E-state index in [-0.39, 0.29) is 12.8 Å². The molecule has 0 aliphatic rings. The minimum absolute atomic E-state index is 0.00348. The van der Waals surface area contributed by atoms with Gasteiger partial charge < -0.3 is 23.9 Å². The minimum Gasteiger partial charge on any atom is -0.493 e. The molecule has 9 heteroatoms. The smallest absolute Gasteiger partial charge is 0.307 e. The van der Waals surface area contributed by atoms with Crippen LogP contribution in [0.3, 0.4) is 0 Å². The molecule has 1 amide bonds. The lowest BCUT2D eigenvalue weighted by Crippen LogP contribution is -2.30. The summed E-state index contributed by atoms with van der Waals surface area (Å²) >= 11 is 0. The highest BCUT2D eigenvalue weighted by molar-refractivity contribution is 5.95. The van der Waals surface area contributed by atoms with Crippen LogP contribution in [-0.2, 0) is 20.7 Å². The van der Waals surface area contributed by atoms with E-state index in [1.807, 2.05) is 31.2 Å². The molecule has 1 unspecified atom stereocenters. The first kappa shape index (κ1) is 22.8. The second kappa shape index (κ2) is 10.4. The summed E-state index contributed by atoms with van der Waals surface area (Å²) in [6.45, 7) is 3.49. The summed E-state index contributed by atoms with van der Waals surface area (Å²) in [5.41, 5.74) is 2.42. The molecule has 0 fully saturated rings. The molecule has 2 aromatic carbocycles. The van der Waals surface area contributed by atoms with Crippen molar-refractivity contribution in [3.8, 4) is 23.0 Å². The van der Waals surface area contributed by atoms with Crippen LogP contribution in [0.4, 0.5) is 5.69 Å². The number of nitrogens with zero attached hydrogens (tertiary/aromatic N) is 2. The third kappa shape index (κ3) is 5.84. The van der Waals surface area contributed by atoms with E-state index in [9.17, 15) is 9.59 Å². The molecule has 0 spiro atoms. The number of anilines is 1. The summed E-state index contributed by atoms with van der Waals surface area (Å²) in [4.78, 5) is 24.5. The summed E-state index contributed by atoms with van der Waals surface area (Å²) in [5.74, 6) is 0.701. The number of esters is 1. The van der Waals surface area contributed by atoms with Crippen LogP contribution in [0.15, 0.2) is 46.9 Å². The zero-order valence-electron chi connectivity index (χ0n) is 18.4. The van der Waals surface area contributed by atoms with Crippen LogP contribution in [0.5, 0.6) is 11.5 Å². The van der Waals surface area contributed by atoms with Crippen molar-refractivity contribution in [2.45, 2.75) is 32.8 Å². The van der Waals surface area contributed by atoms with Crippen molar-refractivity contribution in [1.82, 2.24) is 10.2 Å². The third-order valence-electron chi connectivity index (χ3n) is 4.64. The summed E-state index contributed by atoms with van der Waals surface area (Å²) < 4.78 is 21.2. The first-order valence-electron chi connectivity index (χ1n) is 10.0. The van der Waals surface area contributed by atoms with E-state index < -0.39 is 18.0 Å². The highest BCUT2D eigenvalue weighted by atomic mass is 16.5. The summed E-state index contributed by atoms with van der Waals surface area (Å²) in [6.07, 6.45) is -0.771. The zero-order chi connectivity index (χ0) is 23.1. The number of carbonyl (C=O) groups is 2. The molecule has 3 rings (SSSR count). The molecule has 1 heterocycles. The minimum atomic E-state index is -0.985. The van der Waals surface area contributed by atoms with Gasteiger partial charge in [-0.05, 0) is 38.1 Å². The van der Waals surface area contributed by atoms with Gasteiger partial charge in [0.15, 0.2) is 17.6 Å². The van der Waals surface area contributed by atoms with Crippen LogP contribution in [0.1, 0.15) is 24.8 Å². The fourth-order valence-corrected chi connectivity index (χ4v) is 2.84. The van der Waals surface area contributed by atoms with Crippen molar-refractivity contribution in [2.24, 2.45) is 0 Å². The molecule has 1 aromatic heterocycles. The standard InChI is InChI=1S/C23H25N3O6/c1-14-5-7-16(8-6-14)23-26-25-20(32-23)11-12-21(27)31-15(2)22(28)24-17-9-10-18(29-3)19(13-17)30-4/h5-10,13,15H,11-12H2,1-4H3,(H,24,28). The second-order valence-electron chi connectivity index (χ2n) is 7.06. The lowest BCUT2D eigenvalue weighted by molar-refractivity contribution is -0.153. The third-order valence-corrected chi connectivity index (χ3v) is 4.64. The van der Waals surface area contributed by atoms with Gasteiger partial charge in [0.05, 0.1) is 20.6 Å². The summed E-state index contributed by atoms with van der Waals surface area (Å²) in [7, 11) is 3.02. The number of nitrogens with one attached hydrogen (secondary N) is 1. The van der Waals surface area contributed by atoms with Gasteiger partial charge in [-0.3, -0.25) is 9.59 Å². The van der Waals surface area contributed by atoms with E-state index in [1.54, 1.807) is 18.2 Å². The van der Waals surface area contributed by atoms with Crippen LogP contribution >= 0.6 is 0 Å². The average Bonchev–Trinajstić information content (AvgIpc) is 3.27. The van der Waals surface area contributed by atoms with Crippen LogP contribution in [0, 0.1) is 6.92 Å². The number of ether oxygens (including phenoxy) is 3. The van der Waals surface area contributed by atoms with Gasteiger partial charge >= 0.3 is 5.97 Å². The number of hydrogen-bond acceptors (Lipinski definition) is 8. The topological polar surface area (TPSA) is 113 Å². The van der Waals surface area contributed by atoms with Crippen LogP contribution < -0.4 is 14.8 Å². The van der Waals surface area contributed by atoms with Crippen LogP contribution in [0.25, 0.3) is 11.5 Å². The Labute approximate surface area is 185 Å². The van der Waals surface area contributed by atoms with Crippen molar-refractivity contribution >= 4 is 17.6 Å². The molecule has 3 aromatic rings. The van der Waals surface area contributed by atoms with Crippen molar-refractivity contribution in [2.75, 3.05) is 19.5 Å². The number of methoxy groups -OCH3 is 2. The summed E-state index contributed by atoms with van der Waals surface area (Å²) in [6, 6.07) is 12.6. The van der Waals surface area contributed by atoms with Gasteiger partial charge in [-0.15, -0.1) is 10.2 Å². The summed E-state index contributed by atoms with van der Waals surface area (Å²) in [5, 5.41) is 10.6. The average molecular weight is 439 g/mol. The number of aryl methyl sites for hydroxylation is 2. The Hall–Kier alpha value is -3.88. The van der Waals surface area contributed by atoms with E-state index in [1.165, 1.54) is 21.1 Å². The SMILES string of the molecule is COc1ccc(NC(=O)C(C)OC(=O)CCc2nnc(-c3ccc(C)cc3)o2)cc1OC. The second-order valence-corrected chi connectivity index (χ2v) is 7.06. The Morgan fingerprint density at radius 2 is 1.75 bits per heavy atom. The highest BCUT2D eigenvalue weighted by Crippen LogP contribution is 2.29. The first-order chi connectivity index (χ1) is 15.4. The van der Waals surface area contributed by atoms with E-state index in [4.69, 9.17) is 18.6 Å². The maximum absolute atomic E-state index is 12.4. The Bertz CT molecular complexity index is 1080. The molecule has 1 N–H and O–H groups in total. The van der Waals surface area contributed by atoms with E-state index in [0.29, 0.717) is 29.0 Å². The molecule has 0 aliphatic heterocycles. The number of aromatic nitrogens is 2. The number of carbonyl (C=O) groups excluding carboxylic acids is 2. The van der Waals surface area contributed by atoms with Gasteiger partial charge in [-0.25, -0.2) is 0 Å². The molecular formula is C23H25N3O6. The number of rotatable bonds is 9. The normalized spacial score (nSPS) is 11.5.